The van der Waals surface area contributed by atoms with E-state index in [-0.39, 0.29) is 17.0 Å². The van der Waals surface area contributed by atoms with Crippen molar-refractivity contribution >= 4 is 11.5 Å². The molecule has 1 aliphatic rings. The van der Waals surface area contributed by atoms with Crippen LogP contribution in [0.4, 0.5) is 0 Å². The van der Waals surface area contributed by atoms with E-state index in [1.165, 1.54) is 25.7 Å². The van der Waals surface area contributed by atoms with Gasteiger partial charge in [-0.1, -0.05) is 53.4 Å². The molecule has 0 bridgehead atoms. The fourth-order valence-electron chi connectivity index (χ4n) is 3.04. The summed E-state index contributed by atoms with van der Waals surface area (Å²) in [6.45, 7) is 9.21. The van der Waals surface area contributed by atoms with Gasteiger partial charge in [-0.25, -0.2) is 0 Å². The molecule has 1 saturated carbocycles. The molecule has 1 aliphatic carbocycles. The zero-order chi connectivity index (χ0) is 16.6. The Labute approximate surface area is 135 Å². The van der Waals surface area contributed by atoms with E-state index in [1.807, 2.05) is 6.92 Å². The molecular formula is C19H33NO2. The number of carbonyl (C=O) groups is 1. The summed E-state index contributed by atoms with van der Waals surface area (Å²) >= 11 is 0. The van der Waals surface area contributed by atoms with Gasteiger partial charge in [0.2, 0.25) is 0 Å². The fraction of sp³-hybridized carbons (Fsp3) is 0.789. The maximum atomic E-state index is 12.4. The Balaban J connectivity index is 2.79. The largest absolute Gasteiger partial charge is 0.511 e. The summed E-state index contributed by atoms with van der Waals surface area (Å²) in [6.07, 6.45) is 8.76. The van der Waals surface area contributed by atoms with Gasteiger partial charge in [0, 0.05) is 25.1 Å². The summed E-state index contributed by atoms with van der Waals surface area (Å²) in [5.74, 6) is 0.305. The number of hydrogen-bond acceptors (Lipinski definition) is 3. The van der Waals surface area contributed by atoms with Crippen molar-refractivity contribution in [2.45, 2.75) is 85.5 Å². The third-order valence-electron chi connectivity index (χ3n) is 4.19. The van der Waals surface area contributed by atoms with Gasteiger partial charge in [-0.2, -0.15) is 0 Å². The molecule has 22 heavy (non-hydrogen) atoms. The smallest absolute Gasteiger partial charge is 0.168 e. The van der Waals surface area contributed by atoms with Crippen molar-refractivity contribution in [3.63, 3.8) is 0 Å². The van der Waals surface area contributed by atoms with Gasteiger partial charge in [-0.05, 0) is 24.7 Å². The molecule has 1 rings (SSSR count). The first-order valence-corrected chi connectivity index (χ1v) is 8.90. The van der Waals surface area contributed by atoms with Gasteiger partial charge in [0.05, 0.1) is 5.57 Å². The Kier molecular flexibility index (Phi) is 7.84. The van der Waals surface area contributed by atoms with Crippen LogP contribution in [0, 0.1) is 5.41 Å². The summed E-state index contributed by atoms with van der Waals surface area (Å²) in [7, 11) is 0. The number of carbonyl (C=O) groups excluding carboxylic acids is 1. The zero-order valence-corrected chi connectivity index (χ0v) is 14.9. The monoisotopic (exact) mass is 307 g/mol. The Bertz CT molecular complexity index is 433. The van der Waals surface area contributed by atoms with Crippen LogP contribution in [-0.2, 0) is 4.79 Å². The van der Waals surface area contributed by atoms with Gasteiger partial charge < -0.3 is 5.11 Å². The molecule has 0 saturated heterocycles. The Morgan fingerprint density at radius 2 is 1.77 bits per heavy atom. The minimum absolute atomic E-state index is 0.0475. The van der Waals surface area contributed by atoms with Crippen molar-refractivity contribution in [2.75, 3.05) is 6.54 Å². The molecule has 1 fully saturated rings. The number of nitrogens with zero attached hydrogens (tertiary/aromatic N) is 1. The van der Waals surface area contributed by atoms with Crippen molar-refractivity contribution in [3.05, 3.63) is 11.3 Å². The first-order chi connectivity index (χ1) is 10.4. The lowest BCUT2D eigenvalue weighted by molar-refractivity contribution is -0.117. The van der Waals surface area contributed by atoms with Crippen LogP contribution in [-0.4, -0.2) is 23.1 Å². The molecular weight excluding hydrogens is 274 g/mol. The van der Waals surface area contributed by atoms with Crippen molar-refractivity contribution in [1.29, 1.82) is 0 Å². The van der Waals surface area contributed by atoms with E-state index in [1.54, 1.807) is 0 Å². The lowest BCUT2D eigenvalue weighted by atomic mass is 9.73. The van der Waals surface area contributed by atoms with Crippen LogP contribution in [0.5, 0.6) is 0 Å². The first kappa shape index (κ1) is 18.9. The second-order valence-corrected chi connectivity index (χ2v) is 7.26. The van der Waals surface area contributed by atoms with Crippen LogP contribution in [0.25, 0.3) is 0 Å². The second kappa shape index (κ2) is 9.12. The number of aliphatic hydroxyl groups is 1. The number of Topliss-reactive ketones (excluding diaryl/α,β-unsaturated/α-hetero) is 1. The van der Waals surface area contributed by atoms with Gasteiger partial charge in [0.25, 0.3) is 0 Å². The molecule has 0 aromatic heterocycles. The number of rotatable bonds is 8. The molecule has 0 heterocycles. The average Bonchev–Trinajstić information content (AvgIpc) is 2.41. The van der Waals surface area contributed by atoms with Gasteiger partial charge >= 0.3 is 0 Å². The van der Waals surface area contributed by atoms with Crippen LogP contribution < -0.4 is 0 Å². The van der Waals surface area contributed by atoms with E-state index in [9.17, 15) is 9.90 Å². The van der Waals surface area contributed by atoms with Crippen LogP contribution in [0.15, 0.2) is 16.3 Å². The third-order valence-corrected chi connectivity index (χ3v) is 4.19. The summed E-state index contributed by atoms with van der Waals surface area (Å²) in [5, 5.41) is 10.2. The molecule has 0 aromatic rings. The molecule has 3 nitrogen and oxygen atoms in total. The van der Waals surface area contributed by atoms with E-state index in [0.717, 1.165) is 31.5 Å². The maximum absolute atomic E-state index is 12.4. The van der Waals surface area contributed by atoms with Crippen LogP contribution in [0.1, 0.15) is 85.5 Å². The van der Waals surface area contributed by atoms with E-state index in [0.29, 0.717) is 18.4 Å². The van der Waals surface area contributed by atoms with Gasteiger partial charge in [-0.15, -0.1) is 0 Å². The molecule has 0 aliphatic heterocycles. The van der Waals surface area contributed by atoms with E-state index in [4.69, 9.17) is 0 Å². The molecule has 1 N–H and O–H groups in total. The second-order valence-electron chi connectivity index (χ2n) is 7.26. The number of ketones is 1. The standard InChI is InChI=1S/C19H33NO2/c1-5-7-8-9-10-12-20-15-13-19(3,4)14-17(22)18(15)16(21)11-6-2/h21H,5-14H2,1-4H3/b18-16+,20-15?. The molecule has 0 spiro atoms. The van der Waals surface area contributed by atoms with Crippen molar-refractivity contribution in [1.82, 2.24) is 0 Å². The third kappa shape index (κ3) is 5.94. The number of allylic oxidation sites excluding steroid dienone is 2. The topological polar surface area (TPSA) is 49.7 Å². The minimum atomic E-state index is -0.0475. The van der Waals surface area contributed by atoms with E-state index in [2.05, 4.69) is 25.8 Å². The number of aliphatic imine (C=N–C) groups is 1. The fourth-order valence-corrected chi connectivity index (χ4v) is 3.04. The maximum Gasteiger partial charge on any atom is 0.168 e. The quantitative estimate of drug-likeness (QED) is 0.371. The lowest BCUT2D eigenvalue weighted by Gasteiger charge is -2.31. The Morgan fingerprint density at radius 1 is 1.09 bits per heavy atom. The van der Waals surface area contributed by atoms with Gasteiger partial charge in [-0.3, -0.25) is 9.79 Å². The predicted octanol–water partition coefficient (Wildman–Crippen LogP) is 5.40. The summed E-state index contributed by atoms with van der Waals surface area (Å²) in [5.41, 5.74) is 1.31. The highest BCUT2D eigenvalue weighted by atomic mass is 16.3. The summed E-state index contributed by atoms with van der Waals surface area (Å²) < 4.78 is 0. The van der Waals surface area contributed by atoms with Crippen LogP contribution in [0.2, 0.25) is 0 Å². The summed E-state index contributed by atoms with van der Waals surface area (Å²) in [6, 6.07) is 0. The van der Waals surface area contributed by atoms with Crippen molar-refractivity contribution in [3.8, 4) is 0 Å². The number of hydrogen-bond donors (Lipinski definition) is 1. The van der Waals surface area contributed by atoms with Crippen molar-refractivity contribution in [2.24, 2.45) is 10.4 Å². The SMILES string of the molecule is CCCCCCCN=C1CC(C)(C)CC(=O)/C1=C(/O)CCC. The first-order valence-electron chi connectivity index (χ1n) is 8.90. The Morgan fingerprint density at radius 3 is 2.41 bits per heavy atom. The number of aliphatic hydroxyl groups excluding tert-OH is 1. The van der Waals surface area contributed by atoms with Crippen molar-refractivity contribution < 1.29 is 9.90 Å². The molecule has 0 aromatic carbocycles. The average molecular weight is 307 g/mol. The molecule has 3 heteroatoms. The number of unbranched alkanes of at least 4 members (excludes halogenated alkanes) is 4. The zero-order valence-electron chi connectivity index (χ0n) is 14.9. The molecule has 0 radical (unpaired) electrons. The molecule has 126 valence electrons. The highest BCUT2D eigenvalue weighted by Gasteiger charge is 2.35. The molecule has 0 atom stereocenters. The van der Waals surface area contributed by atoms with Crippen LogP contribution in [0.3, 0.4) is 0 Å². The van der Waals surface area contributed by atoms with Crippen LogP contribution >= 0.6 is 0 Å². The summed E-state index contributed by atoms with van der Waals surface area (Å²) in [4.78, 5) is 17.1. The highest BCUT2D eigenvalue weighted by molar-refractivity contribution is 6.24. The van der Waals surface area contributed by atoms with E-state index >= 15 is 0 Å². The van der Waals surface area contributed by atoms with E-state index < -0.39 is 0 Å². The highest BCUT2D eigenvalue weighted by Crippen LogP contribution is 2.35. The predicted molar refractivity (Wildman–Crippen MR) is 93.6 cm³/mol. The Hall–Kier alpha value is -1.12. The van der Waals surface area contributed by atoms with Gasteiger partial charge in [0.15, 0.2) is 5.78 Å². The normalized spacial score (nSPS) is 22.2. The minimum Gasteiger partial charge on any atom is -0.511 e. The van der Waals surface area contributed by atoms with Gasteiger partial charge in [0.1, 0.15) is 5.76 Å². The molecule has 0 unspecified atom stereocenters. The lowest BCUT2D eigenvalue weighted by Crippen LogP contribution is -2.32. The molecule has 0 amide bonds.